The van der Waals surface area contributed by atoms with Crippen LogP contribution in [0.5, 0.6) is 0 Å². The number of amides is 5. The molecule has 4 N–H and O–H groups in total. The standard InChI is InChI=1S/C33H47N5O5/c1-5-24(25(39)28(40)34-23-15-16-23)36-29(41)27-33(17-20-11-9-10-12-21(20)18-33)19-38(27)30(42)26(32(2,3)4)37-31(43)35-22-13-7-6-8-14-22/h9-12,22-24,26-27H,5-8,13-19H2,1-4H3,(H,34,40)(H,36,41)(H2,35,37,43)/t24?,26-,27?/m1/s1. The number of likely N-dealkylation sites (tertiary alicyclic amines) is 1. The molecule has 1 heterocycles. The minimum absolute atomic E-state index is 0.0295. The van der Waals surface area contributed by atoms with Gasteiger partial charge in [0.15, 0.2) is 0 Å². The minimum atomic E-state index is -0.984. The highest BCUT2D eigenvalue weighted by Crippen LogP contribution is 2.49. The van der Waals surface area contributed by atoms with Gasteiger partial charge in [-0.2, -0.15) is 0 Å². The number of rotatable bonds is 9. The molecule has 0 bridgehead atoms. The molecule has 1 aromatic carbocycles. The van der Waals surface area contributed by atoms with E-state index in [1.54, 1.807) is 11.8 Å². The molecule has 0 aromatic heterocycles. The Morgan fingerprint density at radius 3 is 2.05 bits per heavy atom. The molecule has 3 aliphatic carbocycles. The highest BCUT2D eigenvalue weighted by molar-refractivity contribution is 6.38. The van der Waals surface area contributed by atoms with Crippen LogP contribution in [0.3, 0.4) is 0 Å². The summed E-state index contributed by atoms with van der Waals surface area (Å²) < 4.78 is 0. The second kappa shape index (κ2) is 12.3. The Kier molecular flexibility index (Phi) is 8.86. The predicted octanol–water partition coefficient (Wildman–Crippen LogP) is 2.77. The summed E-state index contributed by atoms with van der Waals surface area (Å²) in [5, 5.41) is 11.5. The number of hydrogen-bond donors (Lipinski definition) is 4. The average molecular weight is 594 g/mol. The first-order valence-corrected chi connectivity index (χ1v) is 16.0. The Labute approximate surface area is 254 Å². The minimum Gasteiger partial charge on any atom is -0.347 e. The first-order chi connectivity index (χ1) is 20.4. The van der Waals surface area contributed by atoms with Gasteiger partial charge < -0.3 is 26.2 Å². The number of urea groups is 1. The molecule has 10 heteroatoms. The van der Waals surface area contributed by atoms with Gasteiger partial charge in [-0.3, -0.25) is 19.2 Å². The lowest BCUT2D eigenvalue weighted by atomic mass is 9.67. The maximum absolute atomic E-state index is 14.2. The van der Waals surface area contributed by atoms with E-state index in [9.17, 15) is 24.0 Å². The maximum Gasteiger partial charge on any atom is 0.315 e. The van der Waals surface area contributed by atoms with Crippen molar-refractivity contribution in [3.63, 3.8) is 0 Å². The number of benzene rings is 1. The molecule has 43 heavy (non-hydrogen) atoms. The highest BCUT2D eigenvalue weighted by Gasteiger charge is 2.61. The van der Waals surface area contributed by atoms with Gasteiger partial charge in [-0.1, -0.05) is 71.2 Å². The lowest BCUT2D eigenvalue weighted by Crippen LogP contribution is -2.75. The van der Waals surface area contributed by atoms with Gasteiger partial charge in [0.2, 0.25) is 17.6 Å². The highest BCUT2D eigenvalue weighted by atomic mass is 16.2. The van der Waals surface area contributed by atoms with Crippen LogP contribution in [-0.4, -0.2) is 71.2 Å². The molecule has 1 aliphatic heterocycles. The summed E-state index contributed by atoms with van der Waals surface area (Å²) in [4.78, 5) is 68.4. The van der Waals surface area contributed by atoms with E-state index in [0.717, 1.165) is 49.7 Å². The predicted molar refractivity (Wildman–Crippen MR) is 162 cm³/mol. The molecule has 234 valence electrons. The Morgan fingerprint density at radius 1 is 0.884 bits per heavy atom. The van der Waals surface area contributed by atoms with Crippen molar-refractivity contribution in [2.75, 3.05) is 6.54 Å². The van der Waals surface area contributed by atoms with Gasteiger partial charge in [0.1, 0.15) is 12.1 Å². The lowest BCUT2D eigenvalue weighted by molar-refractivity contribution is -0.168. The molecule has 5 amide bonds. The zero-order chi connectivity index (χ0) is 30.9. The molecular weight excluding hydrogens is 546 g/mol. The third kappa shape index (κ3) is 6.73. The summed E-state index contributed by atoms with van der Waals surface area (Å²) in [5.74, 6) is -2.11. The summed E-state index contributed by atoms with van der Waals surface area (Å²) in [7, 11) is 0. The van der Waals surface area contributed by atoms with E-state index in [0.29, 0.717) is 19.4 Å². The largest absolute Gasteiger partial charge is 0.347 e. The smallest absolute Gasteiger partial charge is 0.315 e. The number of fused-ring (bicyclic) bond motifs is 1. The summed E-state index contributed by atoms with van der Waals surface area (Å²) in [6, 6.07) is 5.12. The van der Waals surface area contributed by atoms with Crippen LogP contribution >= 0.6 is 0 Å². The first kappa shape index (κ1) is 31.0. The number of ketones is 1. The van der Waals surface area contributed by atoms with Crippen LogP contribution in [0.25, 0.3) is 0 Å². The van der Waals surface area contributed by atoms with E-state index in [4.69, 9.17) is 0 Å². The Morgan fingerprint density at radius 2 is 1.49 bits per heavy atom. The Balaban J connectivity index is 1.35. The van der Waals surface area contributed by atoms with E-state index in [1.807, 2.05) is 32.9 Å². The van der Waals surface area contributed by atoms with Gasteiger partial charge in [-0.15, -0.1) is 0 Å². The zero-order valence-corrected chi connectivity index (χ0v) is 26.0. The SMILES string of the molecule is CCC(NC(=O)C1N(C(=O)[C@@H](NC(=O)NC2CCCCC2)C(C)(C)C)CC12Cc1ccccc1C2)C(=O)C(=O)NC1CC1. The van der Waals surface area contributed by atoms with Crippen molar-refractivity contribution in [2.24, 2.45) is 10.8 Å². The monoisotopic (exact) mass is 593 g/mol. The molecule has 5 rings (SSSR count). The molecule has 2 saturated carbocycles. The van der Waals surface area contributed by atoms with Crippen LogP contribution < -0.4 is 21.3 Å². The fourth-order valence-electron chi connectivity index (χ4n) is 7.05. The third-order valence-corrected chi connectivity index (χ3v) is 9.62. The molecular formula is C33H47N5O5. The van der Waals surface area contributed by atoms with Gasteiger partial charge >= 0.3 is 6.03 Å². The van der Waals surface area contributed by atoms with Gasteiger partial charge in [0.25, 0.3) is 5.91 Å². The Hall–Kier alpha value is -3.43. The van der Waals surface area contributed by atoms with Crippen molar-refractivity contribution in [3.8, 4) is 0 Å². The van der Waals surface area contributed by atoms with E-state index >= 15 is 0 Å². The van der Waals surface area contributed by atoms with E-state index in [2.05, 4.69) is 33.4 Å². The molecule has 4 aliphatic rings. The van der Waals surface area contributed by atoms with Gasteiger partial charge in [-0.05, 0) is 61.5 Å². The fraction of sp³-hybridized carbons (Fsp3) is 0.667. The molecule has 10 nitrogen and oxygen atoms in total. The quantitative estimate of drug-likeness (QED) is 0.327. The van der Waals surface area contributed by atoms with Crippen molar-refractivity contribution >= 4 is 29.5 Å². The lowest BCUT2D eigenvalue weighted by Gasteiger charge is -2.56. The van der Waals surface area contributed by atoms with Crippen LogP contribution in [0, 0.1) is 10.8 Å². The van der Waals surface area contributed by atoms with Crippen molar-refractivity contribution in [1.82, 2.24) is 26.2 Å². The summed E-state index contributed by atoms with van der Waals surface area (Å²) in [6.07, 6.45) is 8.40. The maximum atomic E-state index is 14.2. The first-order valence-electron chi connectivity index (χ1n) is 16.0. The number of Topliss-reactive ketones (excluding diaryl/α,β-unsaturated/α-hetero) is 1. The molecule has 1 saturated heterocycles. The molecule has 3 fully saturated rings. The second-order valence-corrected chi connectivity index (χ2v) is 14.2. The van der Waals surface area contributed by atoms with Crippen LogP contribution in [0.15, 0.2) is 24.3 Å². The van der Waals surface area contributed by atoms with E-state index < -0.39 is 46.6 Å². The zero-order valence-electron chi connectivity index (χ0n) is 26.0. The van der Waals surface area contributed by atoms with Crippen LogP contribution in [-0.2, 0) is 32.0 Å². The summed E-state index contributed by atoms with van der Waals surface area (Å²) in [5.41, 5.74) is 1.16. The number of nitrogens with zero attached hydrogens (tertiary/aromatic N) is 1. The average Bonchev–Trinajstić information content (AvgIpc) is 3.68. The number of carbonyl (C=O) groups excluding carboxylic acids is 5. The summed E-state index contributed by atoms with van der Waals surface area (Å²) >= 11 is 0. The van der Waals surface area contributed by atoms with Crippen molar-refractivity contribution in [1.29, 1.82) is 0 Å². The van der Waals surface area contributed by atoms with Crippen LogP contribution in [0.1, 0.15) is 90.2 Å². The van der Waals surface area contributed by atoms with Gasteiger partial charge in [0, 0.05) is 24.0 Å². The van der Waals surface area contributed by atoms with Crippen LogP contribution in [0.2, 0.25) is 0 Å². The molecule has 2 unspecified atom stereocenters. The normalized spacial score (nSPS) is 22.5. The second-order valence-electron chi connectivity index (χ2n) is 14.2. The molecule has 1 spiro atoms. The number of carbonyl (C=O) groups is 5. The number of hydrogen-bond acceptors (Lipinski definition) is 5. The molecule has 0 radical (unpaired) electrons. The fourth-order valence-corrected chi connectivity index (χ4v) is 7.05. The third-order valence-electron chi connectivity index (χ3n) is 9.62. The van der Waals surface area contributed by atoms with Crippen LogP contribution in [0.4, 0.5) is 4.79 Å². The van der Waals surface area contributed by atoms with Crippen molar-refractivity contribution < 1.29 is 24.0 Å². The Bertz CT molecular complexity index is 1240. The van der Waals surface area contributed by atoms with Crippen molar-refractivity contribution in [3.05, 3.63) is 35.4 Å². The van der Waals surface area contributed by atoms with E-state index in [-0.39, 0.29) is 30.4 Å². The van der Waals surface area contributed by atoms with E-state index in [1.165, 1.54) is 6.42 Å². The van der Waals surface area contributed by atoms with Gasteiger partial charge in [0.05, 0.1) is 6.04 Å². The van der Waals surface area contributed by atoms with Gasteiger partial charge in [-0.25, -0.2) is 4.79 Å². The van der Waals surface area contributed by atoms with Crippen molar-refractivity contribution in [2.45, 2.75) is 122 Å². The molecule has 3 atom stereocenters. The number of nitrogens with one attached hydrogen (secondary N) is 4. The molecule has 1 aromatic rings. The summed E-state index contributed by atoms with van der Waals surface area (Å²) in [6.45, 7) is 7.82. The topological polar surface area (TPSA) is 137 Å².